The molecule has 2 aliphatic rings. The van der Waals surface area contributed by atoms with Gasteiger partial charge in [-0.1, -0.05) is 13.3 Å². The standard InChI is InChI=1S/C15H30N2O/c1-2-8-16-15-7-3-6-14(15)11-17-9-4-5-13(10-17)12-18/h13-16,18H,2-12H2,1H3. The molecule has 3 nitrogen and oxygen atoms in total. The Morgan fingerprint density at radius 1 is 1.22 bits per heavy atom. The SMILES string of the molecule is CCCNC1CCCC1CN1CCCC(CO)C1. The smallest absolute Gasteiger partial charge is 0.0471 e. The first-order chi connectivity index (χ1) is 8.83. The van der Waals surface area contributed by atoms with Gasteiger partial charge >= 0.3 is 0 Å². The summed E-state index contributed by atoms with van der Waals surface area (Å²) in [6.07, 6.45) is 7.87. The van der Waals surface area contributed by atoms with Crippen LogP contribution in [-0.2, 0) is 0 Å². The summed E-state index contributed by atoms with van der Waals surface area (Å²) in [7, 11) is 0. The van der Waals surface area contributed by atoms with E-state index in [-0.39, 0.29) is 0 Å². The molecule has 2 fully saturated rings. The van der Waals surface area contributed by atoms with E-state index in [2.05, 4.69) is 17.1 Å². The molecule has 3 heteroatoms. The molecule has 3 atom stereocenters. The minimum atomic E-state index is 0.374. The first-order valence-corrected chi connectivity index (χ1v) is 7.90. The molecule has 1 saturated heterocycles. The summed E-state index contributed by atoms with van der Waals surface area (Å²) in [5.41, 5.74) is 0. The van der Waals surface area contributed by atoms with Gasteiger partial charge in [-0.15, -0.1) is 0 Å². The van der Waals surface area contributed by atoms with Crippen molar-refractivity contribution in [2.24, 2.45) is 11.8 Å². The van der Waals surface area contributed by atoms with Crippen molar-refractivity contribution in [3.63, 3.8) is 0 Å². The molecule has 0 aromatic carbocycles. The highest BCUT2D eigenvalue weighted by Gasteiger charge is 2.29. The van der Waals surface area contributed by atoms with Crippen molar-refractivity contribution in [3.8, 4) is 0 Å². The van der Waals surface area contributed by atoms with E-state index in [0.29, 0.717) is 12.5 Å². The van der Waals surface area contributed by atoms with Gasteiger partial charge in [-0.25, -0.2) is 0 Å². The highest BCUT2D eigenvalue weighted by Crippen LogP contribution is 2.28. The molecule has 0 aromatic rings. The number of likely N-dealkylation sites (tertiary alicyclic amines) is 1. The van der Waals surface area contributed by atoms with Gasteiger partial charge in [0.15, 0.2) is 0 Å². The Morgan fingerprint density at radius 3 is 2.89 bits per heavy atom. The van der Waals surface area contributed by atoms with E-state index >= 15 is 0 Å². The largest absolute Gasteiger partial charge is 0.396 e. The average molecular weight is 254 g/mol. The molecule has 3 unspecified atom stereocenters. The van der Waals surface area contributed by atoms with E-state index in [4.69, 9.17) is 0 Å². The van der Waals surface area contributed by atoms with Crippen molar-refractivity contribution in [1.29, 1.82) is 0 Å². The van der Waals surface area contributed by atoms with E-state index in [1.807, 2.05) is 0 Å². The average Bonchev–Trinajstić information content (AvgIpc) is 2.84. The van der Waals surface area contributed by atoms with Crippen molar-refractivity contribution in [3.05, 3.63) is 0 Å². The molecule has 106 valence electrons. The van der Waals surface area contributed by atoms with Gasteiger partial charge in [0.1, 0.15) is 0 Å². The number of aliphatic hydroxyl groups excluding tert-OH is 1. The van der Waals surface area contributed by atoms with E-state index < -0.39 is 0 Å². The topological polar surface area (TPSA) is 35.5 Å². The van der Waals surface area contributed by atoms with Crippen LogP contribution in [0.2, 0.25) is 0 Å². The van der Waals surface area contributed by atoms with Crippen molar-refractivity contribution >= 4 is 0 Å². The predicted molar refractivity (Wildman–Crippen MR) is 75.7 cm³/mol. The fourth-order valence-electron chi connectivity index (χ4n) is 3.65. The van der Waals surface area contributed by atoms with Crippen molar-refractivity contribution in [1.82, 2.24) is 10.2 Å². The number of rotatable bonds is 6. The lowest BCUT2D eigenvalue weighted by Gasteiger charge is -2.35. The summed E-state index contributed by atoms with van der Waals surface area (Å²) in [5.74, 6) is 1.37. The first-order valence-electron chi connectivity index (χ1n) is 7.90. The van der Waals surface area contributed by atoms with Crippen molar-refractivity contribution < 1.29 is 5.11 Å². The maximum Gasteiger partial charge on any atom is 0.0471 e. The lowest BCUT2D eigenvalue weighted by atomic mass is 9.96. The summed E-state index contributed by atoms with van der Waals surface area (Å²) < 4.78 is 0. The monoisotopic (exact) mass is 254 g/mol. The van der Waals surface area contributed by atoms with Gasteiger partial charge in [0.05, 0.1) is 0 Å². The zero-order chi connectivity index (χ0) is 12.8. The Balaban J connectivity index is 1.76. The molecule has 0 bridgehead atoms. The van der Waals surface area contributed by atoms with Crippen LogP contribution in [0, 0.1) is 11.8 Å². The van der Waals surface area contributed by atoms with Crippen LogP contribution >= 0.6 is 0 Å². The number of hydrogen-bond donors (Lipinski definition) is 2. The van der Waals surface area contributed by atoms with Crippen LogP contribution in [0.4, 0.5) is 0 Å². The molecule has 2 rings (SSSR count). The maximum atomic E-state index is 9.30. The zero-order valence-electron chi connectivity index (χ0n) is 11.9. The highest BCUT2D eigenvalue weighted by atomic mass is 16.3. The number of piperidine rings is 1. The van der Waals surface area contributed by atoms with Crippen LogP contribution in [0.1, 0.15) is 45.4 Å². The van der Waals surface area contributed by atoms with Gasteiger partial charge in [0.2, 0.25) is 0 Å². The van der Waals surface area contributed by atoms with Gasteiger partial charge in [-0.05, 0) is 57.0 Å². The second-order valence-corrected chi connectivity index (χ2v) is 6.20. The van der Waals surface area contributed by atoms with Crippen molar-refractivity contribution in [2.75, 3.05) is 32.8 Å². The first kappa shape index (κ1) is 14.3. The number of hydrogen-bond acceptors (Lipinski definition) is 3. The lowest BCUT2D eigenvalue weighted by Crippen LogP contribution is -2.43. The molecule has 0 aromatic heterocycles. The zero-order valence-corrected chi connectivity index (χ0v) is 11.9. The molecule has 0 radical (unpaired) electrons. The molecule has 2 N–H and O–H groups in total. The van der Waals surface area contributed by atoms with Crippen LogP contribution in [0.25, 0.3) is 0 Å². The molecular weight excluding hydrogens is 224 g/mol. The molecule has 0 spiro atoms. The second-order valence-electron chi connectivity index (χ2n) is 6.20. The van der Waals surface area contributed by atoms with Gasteiger partial charge in [0, 0.05) is 25.7 Å². The third-order valence-corrected chi connectivity index (χ3v) is 4.67. The predicted octanol–water partition coefficient (Wildman–Crippen LogP) is 1.86. The lowest BCUT2D eigenvalue weighted by molar-refractivity contribution is 0.104. The summed E-state index contributed by atoms with van der Waals surface area (Å²) in [6.45, 7) is 7.39. The Labute approximate surface area is 112 Å². The fraction of sp³-hybridized carbons (Fsp3) is 1.00. The second kappa shape index (κ2) is 7.46. The van der Waals surface area contributed by atoms with Gasteiger partial charge in [-0.2, -0.15) is 0 Å². The van der Waals surface area contributed by atoms with E-state index in [1.165, 1.54) is 58.2 Å². The molecule has 18 heavy (non-hydrogen) atoms. The molecule has 1 heterocycles. The summed E-state index contributed by atoms with van der Waals surface area (Å²) in [6, 6.07) is 0.749. The van der Waals surface area contributed by atoms with Gasteiger partial charge in [-0.3, -0.25) is 0 Å². The minimum absolute atomic E-state index is 0.374. The number of nitrogens with zero attached hydrogens (tertiary/aromatic N) is 1. The maximum absolute atomic E-state index is 9.30. The summed E-state index contributed by atoms with van der Waals surface area (Å²) in [5, 5.41) is 13.0. The third kappa shape index (κ3) is 3.94. The van der Waals surface area contributed by atoms with Crippen LogP contribution < -0.4 is 5.32 Å². The van der Waals surface area contributed by atoms with Gasteiger partial charge < -0.3 is 15.3 Å². The molecule has 1 aliphatic heterocycles. The molecule has 0 amide bonds. The number of nitrogens with one attached hydrogen (secondary N) is 1. The van der Waals surface area contributed by atoms with Crippen LogP contribution in [0.3, 0.4) is 0 Å². The summed E-state index contributed by atoms with van der Waals surface area (Å²) in [4.78, 5) is 2.60. The molecule has 1 aliphatic carbocycles. The highest BCUT2D eigenvalue weighted by molar-refractivity contribution is 4.86. The molecule has 1 saturated carbocycles. The van der Waals surface area contributed by atoms with E-state index in [9.17, 15) is 5.11 Å². The number of aliphatic hydroxyl groups is 1. The minimum Gasteiger partial charge on any atom is -0.396 e. The fourth-order valence-corrected chi connectivity index (χ4v) is 3.65. The van der Waals surface area contributed by atoms with Crippen molar-refractivity contribution in [2.45, 2.75) is 51.5 Å². The molecular formula is C15H30N2O. The quantitative estimate of drug-likeness (QED) is 0.759. The van der Waals surface area contributed by atoms with Crippen LogP contribution in [0.15, 0.2) is 0 Å². The Morgan fingerprint density at radius 2 is 2.11 bits per heavy atom. The van der Waals surface area contributed by atoms with E-state index in [1.54, 1.807) is 0 Å². The van der Waals surface area contributed by atoms with Gasteiger partial charge in [0.25, 0.3) is 0 Å². The normalized spacial score (nSPS) is 34.0. The summed E-state index contributed by atoms with van der Waals surface area (Å²) >= 11 is 0. The Hall–Kier alpha value is -0.120. The Kier molecular flexibility index (Phi) is 5.93. The Bertz CT molecular complexity index is 235. The van der Waals surface area contributed by atoms with E-state index in [0.717, 1.165) is 18.5 Å². The van der Waals surface area contributed by atoms with Crippen LogP contribution in [0.5, 0.6) is 0 Å². The van der Waals surface area contributed by atoms with Crippen LogP contribution in [-0.4, -0.2) is 48.8 Å². The third-order valence-electron chi connectivity index (χ3n) is 4.67.